The molecule has 6 saturated carbocycles. The first-order valence-electron chi connectivity index (χ1n) is 10.6. The van der Waals surface area contributed by atoms with E-state index in [1.165, 1.54) is 32.2 Å². The first-order chi connectivity index (χ1) is 11.8. The third kappa shape index (κ3) is 1.35. The summed E-state index contributed by atoms with van der Waals surface area (Å²) in [4.78, 5) is 2.65. The Morgan fingerprint density at radius 1 is 1.08 bits per heavy atom. The Morgan fingerprint density at radius 3 is 2.64 bits per heavy atom. The Labute approximate surface area is 150 Å². The van der Waals surface area contributed by atoms with Crippen LogP contribution in [0.15, 0.2) is 0 Å². The second kappa shape index (κ2) is 4.29. The zero-order valence-electron chi connectivity index (χ0n) is 15.6. The second-order valence-corrected chi connectivity index (χ2v) is 11.1. The van der Waals surface area contributed by atoms with Gasteiger partial charge < -0.3 is 20.2 Å². The molecule has 0 amide bonds. The normalized spacial score (nSPS) is 67.6. The zero-order valence-corrected chi connectivity index (χ0v) is 15.6. The van der Waals surface area contributed by atoms with Gasteiger partial charge in [-0.25, -0.2) is 0 Å². The Morgan fingerprint density at radius 2 is 1.88 bits per heavy atom. The zero-order chi connectivity index (χ0) is 17.4. The highest BCUT2D eigenvalue weighted by atomic mass is 16.4. The predicted molar refractivity (Wildman–Crippen MR) is 93.7 cm³/mol. The quantitative estimate of drug-likeness (QED) is 0.675. The lowest BCUT2D eigenvalue weighted by molar-refractivity contribution is -0.287. The van der Waals surface area contributed by atoms with Crippen LogP contribution < -0.4 is 0 Å². The molecule has 3 N–H and O–H groups in total. The van der Waals surface area contributed by atoms with Gasteiger partial charge in [0.1, 0.15) is 5.60 Å². The maximum atomic E-state index is 11.4. The highest BCUT2D eigenvalue weighted by Crippen LogP contribution is 2.83. The Hall–Kier alpha value is -0.160. The first-order valence-corrected chi connectivity index (χ1v) is 10.6. The van der Waals surface area contributed by atoms with Gasteiger partial charge in [-0.2, -0.15) is 0 Å². The van der Waals surface area contributed by atoms with E-state index in [-0.39, 0.29) is 17.9 Å². The van der Waals surface area contributed by atoms with Gasteiger partial charge in [0, 0.05) is 18.0 Å². The Kier molecular flexibility index (Phi) is 2.72. The standard InChI is InChI=1S/C21H33NO3/c1-18-5-3-6-20-14(18)9-13(16(20)22(2)10-18)19-7-4-12(8-15(19)20)21(25,11-23)17(19)24/h12-17,23-25H,3-11H2,1-2H3/t12-,13?,14+,15+,16?,17-,18-,19-,20-,21-/m0/s1. The predicted octanol–water partition coefficient (Wildman–Crippen LogP) is 1.63. The van der Waals surface area contributed by atoms with Gasteiger partial charge in [0.15, 0.2) is 0 Å². The third-order valence-corrected chi connectivity index (χ3v) is 10.7. The van der Waals surface area contributed by atoms with Crippen molar-refractivity contribution in [3.8, 4) is 0 Å². The molecular weight excluding hydrogens is 314 g/mol. The van der Waals surface area contributed by atoms with Crippen molar-refractivity contribution in [1.82, 2.24) is 4.90 Å². The van der Waals surface area contributed by atoms with Crippen LogP contribution in [-0.2, 0) is 0 Å². The summed E-state index contributed by atoms with van der Waals surface area (Å²) in [5.74, 6) is 1.94. The summed E-state index contributed by atoms with van der Waals surface area (Å²) in [7, 11) is 2.32. The second-order valence-electron chi connectivity index (χ2n) is 11.1. The molecule has 2 unspecified atom stereocenters. The van der Waals surface area contributed by atoms with Crippen LogP contribution >= 0.6 is 0 Å². The van der Waals surface area contributed by atoms with Crippen molar-refractivity contribution >= 4 is 0 Å². The highest BCUT2D eigenvalue weighted by molar-refractivity contribution is 5.33. The summed E-state index contributed by atoms with van der Waals surface area (Å²) in [6, 6.07) is 0.588. The van der Waals surface area contributed by atoms with E-state index in [4.69, 9.17) is 0 Å². The molecule has 6 aliphatic carbocycles. The number of fused-ring (bicyclic) bond motifs is 2. The number of aliphatic hydroxyl groups is 3. The van der Waals surface area contributed by atoms with Gasteiger partial charge in [0.2, 0.25) is 0 Å². The van der Waals surface area contributed by atoms with E-state index in [1.54, 1.807) is 0 Å². The summed E-state index contributed by atoms with van der Waals surface area (Å²) in [5, 5.41) is 32.6. The van der Waals surface area contributed by atoms with Crippen LogP contribution in [0.5, 0.6) is 0 Å². The number of nitrogens with zero attached hydrogens (tertiary/aromatic N) is 1. The molecule has 4 nitrogen and oxygen atoms in total. The first kappa shape index (κ1) is 15.9. The fourth-order valence-electron chi connectivity index (χ4n) is 10.4. The maximum absolute atomic E-state index is 11.4. The molecule has 10 atom stereocenters. The highest BCUT2D eigenvalue weighted by Gasteiger charge is 2.84. The number of hydrogen-bond donors (Lipinski definition) is 3. The number of aliphatic hydroxyl groups excluding tert-OH is 2. The van der Waals surface area contributed by atoms with Gasteiger partial charge >= 0.3 is 0 Å². The Bertz CT molecular complexity index is 641. The van der Waals surface area contributed by atoms with Gasteiger partial charge in [-0.05, 0) is 80.1 Å². The molecule has 1 saturated heterocycles. The molecule has 0 radical (unpaired) electrons. The van der Waals surface area contributed by atoms with E-state index in [1.807, 2.05) is 0 Å². The van der Waals surface area contributed by atoms with E-state index in [9.17, 15) is 15.3 Å². The summed E-state index contributed by atoms with van der Waals surface area (Å²) < 4.78 is 0. The number of hydrogen-bond acceptors (Lipinski definition) is 4. The molecule has 7 rings (SSSR count). The maximum Gasteiger partial charge on any atom is 0.117 e. The van der Waals surface area contributed by atoms with Gasteiger partial charge in [-0.15, -0.1) is 0 Å². The molecule has 2 spiro atoms. The lowest BCUT2D eigenvalue weighted by atomic mass is 9.38. The van der Waals surface area contributed by atoms with Crippen LogP contribution in [0.25, 0.3) is 0 Å². The smallest absolute Gasteiger partial charge is 0.117 e. The molecular formula is C21H33NO3. The topological polar surface area (TPSA) is 63.9 Å². The summed E-state index contributed by atoms with van der Waals surface area (Å²) >= 11 is 0. The monoisotopic (exact) mass is 347 g/mol. The fourth-order valence-corrected chi connectivity index (χ4v) is 10.4. The molecule has 7 aliphatic rings. The average molecular weight is 347 g/mol. The van der Waals surface area contributed by atoms with Crippen molar-refractivity contribution in [1.29, 1.82) is 0 Å². The van der Waals surface area contributed by atoms with Crippen molar-refractivity contribution < 1.29 is 15.3 Å². The minimum atomic E-state index is -1.26. The van der Waals surface area contributed by atoms with E-state index < -0.39 is 11.7 Å². The van der Waals surface area contributed by atoms with Crippen LogP contribution in [-0.4, -0.2) is 58.2 Å². The van der Waals surface area contributed by atoms with E-state index in [0.717, 1.165) is 25.2 Å². The van der Waals surface area contributed by atoms with Crippen molar-refractivity contribution in [2.24, 2.45) is 39.9 Å². The molecule has 7 bridgehead atoms. The fraction of sp³-hybridized carbons (Fsp3) is 1.00. The number of piperidine rings is 1. The van der Waals surface area contributed by atoms with Crippen LogP contribution in [0.4, 0.5) is 0 Å². The van der Waals surface area contributed by atoms with Gasteiger partial charge in [-0.3, -0.25) is 0 Å². The summed E-state index contributed by atoms with van der Waals surface area (Å²) in [5.41, 5.74) is -0.610. The molecule has 0 aromatic heterocycles. The van der Waals surface area contributed by atoms with Crippen molar-refractivity contribution in [2.75, 3.05) is 20.2 Å². The number of likely N-dealkylation sites (tertiary alicyclic amines) is 1. The van der Waals surface area contributed by atoms with Crippen LogP contribution in [0.2, 0.25) is 0 Å². The molecule has 0 aromatic carbocycles. The minimum absolute atomic E-state index is 0.0762. The molecule has 7 fully saturated rings. The van der Waals surface area contributed by atoms with Gasteiger partial charge in [0.25, 0.3) is 0 Å². The van der Waals surface area contributed by atoms with Gasteiger partial charge in [-0.1, -0.05) is 13.3 Å². The summed E-state index contributed by atoms with van der Waals surface area (Å²) in [6.07, 6.45) is 7.59. The third-order valence-electron chi connectivity index (χ3n) is 10.7. The molecule has 1 heterocycles. The van der Waals surface area contributed by atoms with E-state index in [0.29, 0.717) is 28.7 Å². The molecule has 0 aromatic rings. The largest absolute Gasteiger partial charge is 0.393 e. The lowest BCUT2D eigenvalue weighted by Gasteiger charge is -2.69. The molecule has 25 heavy (non-hydrogen) atoms. The lowest BCUT2D eigenvalue weighted by Crippen LogP contribution is -2.72. The molecule has 4 heteroatoms. The minimum Gasteiger partial charge on any atom is -0.393 e. The van der Waals surface area contributed by atoms with Crippen LogP contribution in [0.1, 0.15) is 51.9 Å². The van der Waals surface area contributed by atoms with Crippen molar-refractivity contribution in [2.45, 2.75) is 69.6 Å². The van der Waals surface area contributed by atoms with Crippen LogP contribution in [0.3, 0.4) is 0 Å². The summed E-state index contributed by atoms with van der Waals surface area (Å²) in [6.45, 7) is 3.45. The van der Waals surface area contributed by atoms with E-state index in [2.05, 4.69) is 18.9 Å². The van der Waals surface area contributed by atoms with E-state index >= 15 is 0 Å². The van der Waals surface area contributed by atoms with Crippen molar-refractivity contribution in [3.63, 3.8) is 0 Å². The Balaban J connectivity index is 1.56. The molecule has 140 valence electrons. The SMILES string of the molecule is CN1C[C@]2(C)CCC[C@]34C1C(C[C@H]23)[C@@]12CC[C@@H](C[C@H]14)[C@@](O)(CO)[C@H]2O. The number of rotatable bonds is 1. The van der Waals surface area contributed by atoms with Crippen molar-refractivity contribution in [3.05, 3.63) is 0 Å². The van der Waals surface area contributed by atoms with Gasteiger partial charge in [0.05, 0.1) is 12.7 Å². The van der Waals surface area contributed by atoms with Crippen LogP contribution in [0, 0.1) is 39.9 Å². The molecule has 1 aliphatic heterocycles. The average Bonchev–Trinajstić information content (AvgIpc) is 3.02.